The molecular formula is C49H89O18P. The highest BCUT2D eigenvalue weighted by Gasteiger charge is 2.55. The van der Waals surface area contributed by atoms with Crippen LogP contribution in [-0.2, 0) is 42.1 Å². The minimum absolute atomic E-state index is 0.0215. The molecule has 0 bridgehead atoms. The highest BCUT2D eigenvalue weighted by Crippen LogP contribution is 2.48. The minimum Gasteiger partial charge on any atom is -0.462 e. The molecule has 0 aromatic heterocycles. The fourth-order valence-electron chi connectivity index (χ4n) is 8.10. The van der Waals surface area contributed by atoms with Crippen molar-refractivity contribution in [2.24, 2.45) is 0 Å². The summed E-state index contributed by atoms with van der Waals surface area (Å²) in [5.74, 6) is -1.24. The van der Waals surface area contributed by atoms with Crippen LogP contribution in [0.4, 0.5) is 0 Å². The smallest absolute Gasteiger partial charge is 0.462 e. The predicted octanol–water partition coefficient (Wildman–Crippen LogP) is 5.88. The number of phosphoric acid groups is 1. The largest absolute Gasteiger partial charge is 0.472 e. The Morgan fingerprint density at radius 2 is 0.971 bits per heavy atom. The molecule has 13 atom stereocenters. The van der Waals surface area contributed by atoms with Crippen LogP contribution in [0.1, 0.15) is 181 Å². The van der Waals surface area contributed by atoms with E-state index < -0.39 is 113 Å². The highest BCUT2D eigenvalue weighted by molar-refractivity contribution is 7.47. The summed E-state index contributed by atoms with van der Waals surface area (Å²) in [7, 11) is -5.38. The molecule has 0 spiro atoms. The molecule has 0 amide bonds. The number of allylic oxidation sites excluding steroid dienone is 4. The molecule has 2 aliphatic rings. The van der Waals surface area contributed by atoms with E-state index in [1.54, 1.807) is 0 Å². The summed E-state index contributed by atoms with van der Waals surface area (Å²) in [6.45, 7) is 2.19. The lowest BCUT2D eigenvalue weighted by atomic mass is 9.84. The number of esters is 2. The van der Waals surface area contributed by atoms with Gasteiger partial charge in [0.2, 0.25) is 0 Å². The Labute approximate surface area is 405 Å². The number of carbonyl (C=O) groups excluding carboxylic acids is 2. The van der Waals surface area contributed by atoms with Gasteiger partial charge in [0.15, 0.2) is 12.4 Å². The van der Waals surface area contributed by atoms with E-state index in [0.717, 1.165) is 77.0 Å². The van der Waals surface area contributed by atoms with Gasteiger partial charge in [0.25, 0.3) is 0 Å². The summed E-state index contributed by atoms with van der Waals surface area (Å²) >= 11 is 0. The van der Waals surface area contributed by atoms with Gasteiger partial charge in [-0.05, 0) is 64.2 Å². The fraction of sp³-hybridized carbons (Fsp3) is 0.878. The van der Waals surface area contributed by atoms with E-state index in [1.807, 2.05) is 0 Å². The molecular weight excluding hydrogens is 907 g/mol. The Kier molecular flexibility index (Phi) is 33.8. The van der Waals surface area contributed by atoms with Crippen LogP contribution < -0.4 is 0 Å². The van der Waals surface area contributed by atoms with Crippen LogP contribution in [0.2, 0.25) is 0 Å². The van der Waals surface area contributed by atoms with Crippen molar-refractivity contribution in [3.63, 3.8) is 0 Å². The first-order valence-electron chi connectivity index (χ1n) is 25.7. The molecule has 19 heteroatoms. The van der Waals surface area contributed by atoms with Crippen molar-refractivity contribution in [2.45, 2.75) is 254 Å². The average Bonchev–Trinajstić information content (AvgIpc) is 3.32. The van der Waals surface area contributed by atoms with Gasteiger partial charge in [0, 0.05) is 12.8 Å². The van der Waals surface area contributed by atoms with Crippen molar-refractivity contribution in [3.05, 3.63) is 24.3 Å². The Morgan fingerprint density at radius 1 is 0.544 bits per heavy atom. The molecule has 1 heterocycles. The normalized spacial score (nSPS) is 28.0. The van der Waals surface area contributed by atoms with E-state index >= 15 is 0 Å². The molecule has 1 aliphatic heterocycles. The molecule has 0 aromatic rings. The van der Waals surface area contributed by atoms with Gasteiger partial charge in [-0.2, -0.15) is 0 Å². The SMILES string of the molecule is CCCCCC/C=C\CCCCCCCC(=O)O[C@H](COC(=O)CCCCCCC/C=C\CCCCCCCC)COP(=O)(O)O[C@@H]1C(O)C(O)[C@@H](O)C(O)[C@H]1O[C@H]1OC(CO)[C@@H](O)C(O)[C@H]1O. The maximum absolute atomic E-state index is 13.4. The van der Waals surface area contributed by atoms with E-state index in [4.69, 9.17) is 28.0 Å². The third kappa shape index (κ3) is 25.5. The maximum Gasteiger partial charge on any atom is 0.472 e. The Morgan fingerprint density at radius 3 is 1.47 bits per heavy atom. The summed E-state index contributed by atoms with van der Waals surface area (Å²) in [5.41, 5.74) is 0. The zero-order chi connectivity index (χ0) is 50.2. The first kappa shape index (κ1) is 62.2. The standard InChI is InChI=1S/C49H89O18P/c1-3-5-7-9-11-13-15-17-18-20-21-23-25-27-29-31-38(51)62-34-36(64-39(52)32-30-28-26-24-22-19-16-14-12-10-8-6-4-2)35-63-68(60,61)67-48-45(58)43(56)42(55)44(57)47(48)66-49-46(59)41(54)40(53)37(33-50)65-49/h14,16-18,36-37,40-50,53-59H,3-13,15,19-35H2,1-2H3,(H,60,61)/b16-14-,18-17-/t36-,37?,40-,41?,42-,43?,44?,45?,46-,47-,48-,49-/m1/s1. The minimum atomic E-state index is -5.38. The van der Waals surface area contributed by atoms with Gasteiger partial charge < -0.3 is 64.7 Å². The van der Waals surface area contributed by atoms with Crippen LogP contribution >= 0.6 is 7.82 Å². The monoisotopic (exact) mass is 997 g/mol. The van der Waals surface area contributed by atoms with E-state index in [0.29, 0.717) is 12.8 Å². The van der Waals surface area contributed by atoms with Crippen LogP contribution in [0.3, 0.4) is 0 Å². The van der Waals surface area contributed by atoms with Gasteiger partial charge in [0.1, 0.15) is 67.6 Å². The van der Waals surface area contributed by atoms with E-state index in [1.165, 1.54) is 64.2 Å². The average molecular weight is 997 g/mol. The van der Waals surface area contributed by atoms with Crippen molar-refractivity contribution < 1.29 is 87.9 Å². The highest BCUT2D eigenvalue weighted by atomic mass is 31.2. The van der Waals surface area contributed by atoms with Crippen LogP contribution in [0, 0.1) is 0 Å². The Balaban J connectivity index is 1.95. The molecule has 9 N–H and O–H groups in total. The van der Waals surface area contributed by atoms with Crippen molar-refractivity contribution >= 4 is 19.8 Å². The topological polar surface area (TPSA) is 289 Å². The van der Waals surface area contributed by atoms with Crippen LogP contribution in [-0.4, -0.2) is 151 Å². The van der Waals surface area contributed by atoms with Crippen LogP contribution in [0.5, 0.6) is 0 Å². The van der Waals surface area contributed by atoms with Gasteiger partial charge in [-0.1, -0.05) is 128 Å². The lowest BCUT2D eigenvalue weighted by Gasteiger charge is -2.47. The van der Waals surface area contributed by atoms with Gasteiger partial charge in [0.05, 0.1) is 13.2 Å². The van der Waals surface area contributed by atoms with Crippen LogP contribution in [0.15, 0.2) is 24.3 Å². The fourth-order valence-corrected chi connectivity index (χ4v) is 9.07. The zero-order valence-electron chi connectivity index (χ0n) is 40.9. The summed E-state index contributed by atoms with van der Waals surface area (Å²) in [6, 6.07) is 0. The molecule has 0 aromatic carbocycles. The number of rotatable bonds is 39. The van der Waals surface area contributed by atoms with Gasteiger partial charge in [-0.25, -0.2) is 4.57 Å². The molecule has 1 saturated heterocycles. The number of aliphatic hydroxyl groups excluding tert-OH is 8. The molecule has 2 rings (SSSR count). The third-order valence-corrected chi connectivity index (χ3v) is 13.4. The number of aliphatic hydroxyl groups is 8. The molecule has 1 saturated carbocycles. The van der Waals surface area contributed by atoms with Crippen LogP contribution in [0.25, 0.3) is 0 Å². The first-order chi connectivity index (χ1) is 32.7. The predicted molar refractivity (Wildman–Crippen MR) is 254 cm³/mol. The quantitative estimate of drug-likeness (QED) is 0.0150. The molecule has 68 heavy (non-hydrogen) atoms. The number of carbonyl (C=O) groups is 2. The molecule has 0 radical (unpaired) electrons. The zero-order valence-corrected chi connectivity index (χ0v) is 41.8. The molecule has 18 nitrogen and oxygen atoms in total. The lowest BCUT2D eigenvalue weighted by molar-refractivity contribution is -0.338. The number of hydrogen-bond acceptors (Lipinski definition) is 17. The van der Waals surface area contributed by atoms with E-state index in [2.05, 4.69) is 38.2 Å². The number of hydrogen-bond donors (Lipinski definition) is 9. The van der Waals surface area contributed by atoms with Crippen molar-refractivity contribution in [2.75, 3.05) is 19.8 Å². The van der Waals surface area contributed by atoms with Gasteiger partial charge in [-0.3, -0.25) is 18.6 Å². The summed E-state index contributed by atoms with van der Waals surface area (Å²) < 4.78 is 45.4. The Hall–Kier alpha value is -1.87. The molecule has 1 aliphatic carbocycles. The second-order valence-corrected chi connectivity index (χ2v) is 19.8. The molecule has 2 fully saturated rings. The first-order valence-corrected chi connectivity index (χ1v) is 27.2. The maximum atomic E-state index is 13.4. The second kappa shape index (κ2) is 37.0. The van der Waals surface area contributed by atoms with Gasteiger partial charge in [-0.15, -0.1) is 0 Å². The Bertz CT molecular complexity index is 1420. The number of ether oxygens (including phenoxy) is 4. The van der Waals surface area contributed by atoms with Gasteiger partial charge >= 0.3 is 19.8 Å². The summed E-state index contributed by atoms with van der Waals surface area (Å²) in [5, 5.41) is 82.9. The summed E-state index contributed by atoms with van der Waals surface area (Å²) in [6.07, 6.45) is 11.2. The third-order valence-electron chi connectivity index (χ3n) is 12.4. The lowest BCUT2D eigenvalue weighted by Crippen LogP contribution is -2.67. The molecule has 6 unspecified atom stereocenters. The van der Waals surface area contributed by atoms with Crippen molar-refractivity contribution in [3.8, 4) is 0 Å². The van der Waals surface area contributed by atoms with E-state index in [9.17, 15) is 59.9 Å². The number of phosphoric ester groups is 1. The second-order valence-electron chi connectivity index (χ2n) is 18.4. The molecule has 398 valence electrons. The van der Waals surface area contributed by atoms with Crippen molar-refractivity contribution in [1.82, 2.24) is 0 Å². The number of unbranched alkanes of at least 4 members (excludes halogenated alkanes) is 20. The van der Waals surface area contributed by atoms with E-state index in [-0.39, 0.29) is 12.8 Å². The summed E-state index contributed by atoms with van der Waals surface area (Å²) in [4.78, 5) is 36.5. The van der Waals surface area contributed by atoms with Crippen molar-refractivity contribution in [1.29, 1.82) is 0 Å².